The minimum atomic E-state index is -2.07. The molecule has 0 unspecified atom stereocenters. The van der Waals surface area contributed by atoms with Gasteiger partial charge in [-0.15, -0.1) is 0 Å². The lowest BCUT2D eigenvalue weighted by Gasteiger charge is -2.46. The fourth-order valence-corrected chi connectivity index (χ4v) is 10.3. The summed E-state index contributed by atoms with van der Waals surface area (Å²) in [5.41, 5.74) is 1.47. The van der Waals surface area contributed by atoms with Gasteiger partial charge >= 0.3 is 5.97 Å². The van der Waals surface area contributed by atoms with Crippen molar-refractivity contribution in [2.24, 2.45) is 5.92 Å². The van der Waals surface area contributed by atoms with Crippen LogP contribution in [0.5, 0.6) is 0 Å². The second-order valence-electron chi connectivity index (χ2n) is 9.36. The first-order valence-corrected chi connectivity index (χ1v) is 12.8. The lowest BCUT2D eigenvalue weighted by molar-refractivity contribution is -0.148. The van der Waals surface area contributed by atoms with Crippen molar-refractivity contribution >= 4 is 14.3 Å². The third kappa shape index (κ3) is 6.15. The van der Waals surface area contributed by atoms with Crippen molar-refractivity contribution in [1.29, 1.82) is 0 Å². The molecule has 0 aliphatic carbocycles. The van der Waals surface area contributed by atoms with Crippen LogP contribution in [0.3, 0.4) is 0 Å². The second-order valence-corrected chi connectivity index (χ2v) is 14.8. The zero-order chi connectivity index (χ0) is 21.7. The van der Waals surface area contributed by atoms with E-state index < -0.39 is 14.1 Å². The predicted octanol–water partition coefficient (Wildman–Crippen LogP) is 5.45. The van der Waals surface area contributed by atoms with Gasteiger partial charge in [-0.3, -0.25) is 0 Å². The van der Waals surface area contributed by atoms with E-state index in [1.54, 1.807) is 0 Å². The molecule has 164 valence electrons. The molecule has 0 N–H and O–H groups in total. The zero-order valence-corrected chi connectivity index (χ0v) is 20.6. The van der Waals surface area contributed by atoms with Crippen molar-refractivity contribution in [1.82, 2.24) is 0 Å². The Labute approximate surface area is 173 Å². The van der Waals surface area contributed by atoms with Crippen LogP contribution in [-0.2, 0) is 23.4 Å². The van der Waals surface area contributed by atoms with Crippen LogP contribution < -0.4 is 0 Å². The smallest absolute Gasteiger partial charge is 0.330 e. The summed E-state index contributed by atoms with van der Waals surface area (Å²) in [6.07, 6.45) is 3.94. The van der Waals surface area contributed by atoms with E-state index in [-0.39, 0.29) is 24.1 Å². The molecule has 0 aromatic heterocycles. The van der Waals surface area contributed by atoms with Crippen LogP contribution in [0.1, 0.15) is 68.7 Å². The molecule has 0 bridgehead atoms. The molecule has 1 fully saturated rings. The van der Waals surface area contributed by atoms with Gasteiger partial charge in [0, 0.05) is 12.0 Å². The average molecular weight is 415 g/mol. The van der Waals surface area contributed by atoms with Gasteiger partial charge in [0.15, 0.2) is 5.79 Å². The Morgan fingerprint density at radius 3 is 2.04 bits per heavy atom. The minimum Gasteiger partial charge on any atom is -0.466 e. The van der Waals surface area contributed by atoms with Gasteiger partial charge in [-0.25, -0.2) is 4.79 Å². The number of hydrogen-bond donors (Lipinski definition) is 0. The summed E-state index contributed by atoms with van der Waals surface area (Å²) in [5.74, 6) is -0.756. The van der Waals surface area contributed by atoms with Gasteiger partial charge in [0.1, 0.15) is 0 Å². The first-order valence-electron chi connectivity index (χ1n) is 10.6. The van der Waals surface area contributed by atoms with E-state index in [0.717, 1.165) is 0 Å². The molecular formula is C22H42O5Si. The Morgan fingerprint density at radius 2 is 1.64 bits per heavy atom. The summed E-state index contributed by atoms with van der Waals surface area (Å²) in [6, 6.07) is 0. The minimum absolute atomic E-state index is 0.0234. The third-order valence-corrected chi connectivity index (χ3v) is 12.2. The molecule has 0 radical (unpaired) electrons. The molecule has 5 nitrogen and oxygen atoms in total. The highest BCUT2D eigenvalue weighted by Gasteiger charge is 2.48. The summed E-state index contributed by atoms with van der Waals surface area (Å²) < 4.78 is 23.7. The molecule has 1 heterocycles. The van der Waals surface area contributed by atoms with Gasteiger partial charge in [-0.05, 0) is 36.9 Å². The van der Waals surface area contributed by atoms with Crippen LogP contribution in [-0.4, -0.2) is 46.0 Å². The van der Waals surface area contributed by atoms with Crippen LogP contribution in [0, 0.1) is 5.92 Å². The van der Waals surface area contributed by atoms with Gasteiger partial charge in [0.2, 0.25) is 8.32 Å². The zero-order valence-electron chi connectivity index (χ0n) is 19.6. The van der Waals surface area contributed by atoms with Crippen molar-refractivity contribution in [2.45, 2.75) is 103 Å². The number of methoxy groups -OCH3 is 1. The lowest BCUT2D eigenvalue weighted by atomic mass is 9.96. The average Bonchev–Trinajstić information content (AvgIpc) is 2.95. The molecule has 0 saturated carbocycles. The van der Waals surface area contributed by atoms with Crippen molar-refractivity contribution in [3.8, 4) is 0 Å². The summed E-state index contributed by atoms with van der Waals surface area (Å²) in [6.45, 7) is 20.4. The molecule has 0 spiro atoms. The molecule has 0 amide bonds. The molecule has 0 aromatic rings. The van der Waals surface area contributed by atoms with Crippen LogP contribution >= 0.6 is 0 Å². The van der Waals surface area contributed by atoms with Crippen LogP contribution in [0.4, 0.5) is 0 Å². The van der Waals surface area contributed by atoms with Crippen molar-refractivity contribution < 1.29 is 23.4 Å². The Kier molecular flexibility index (Phi) is 9.39. The number of hydrogen-bond acceptors (Lipinski definition) is 5. The maximum Gasteiger partial charge on any atom is 0.330 e. The highest BCUT2D eigenvalue weighted by Crippen LogP contribution is 2.44. The SMILES string of the molecule is COC(=O)/C=C\C[C@H](O[Si](C(C)C)(C(C)C)C(C)C)[C@@H](C)[C@@H]1COC(C)(C)O1. The molecule has 1 aliphatic heterocycles. The maximum absolute atomic E-state index is 11.5. The molecular weight excluding hydrogens is 372 g/mol. The molecule has 6 heteroatoms. The number of ether oxygens (including phenoxy) is 3. The van der Waals surface area contributed by atoms with E-state index in [9.17, 15) is 4.79 Å². The van der Waals surface area contributed by atoms with Crippen LogP contribution in [0.15, 0.2) is 12.2 Å². The molecule has 1 aliphatic rings. The standard InChI is InChI=1S/C22H42O5Si/c1-15(2)28(16(3)4,17(5)6)27-19(12-11-13-21(23)24-10)18(7)20-14-25-22(8,9)26-20/h11,13,15-20H,12,14H2,1-10H3/b13-11-/t18-,19+,20+/m1/s1. The van der Waals surface area contributed by atoms with E-state index in [1.165, 1.54) is 13.2 Å². The maximum atomic E-state index is 11.5. The number of carbonyl (C=O) groups is 1. The Morgan fingerprint density at radius 1 is 1.11 bits per heavy atom. The van der Waals surface area contributed by atoms with Gasteiger partial charge in [0.05, 0.1) is 25.9 Å². The highest BCUT2D eigenvalue weighted by molar-refractivity contribution is 6.77. The van der Waals surface area contributed by atoms with E-state index in [1.807, 2.05) is 19.9 Å². The third-order valence-electron chi connectivity index (χ3n) is 6.09. The molecule has 1 saturated heterocycles. The van der Waals surface area contributed by atoms with Crippen LogP contribution in [0.2, 0.25) is 16.6 Å². The summed E-state index contributed by atoms with van der Waals surface area (Å²) in [7, 11) is -0.680. The fraction of sp³-hybridized carbons (Fsp3) is 0.864. The van der Waals surface area contributed by atoms with Crippen molar-refractivity contribution in [2.75, 3.05) is 13.7 Å². The Bertz CT molecular complexity index is 505. The Balaban J connectivity index is 3.14. The molecule has 0 aromatic carbocycles. The number of rotatable bonds is 10. The van der Waals surface area contributed by atoms with Gasteiger partial charge < -0.3 is 18.6 Å². The molecule has 3 atom stereocenters. The van der Waals surface area contributed by atoms with E-state index in [2.05, 4.69) is 48.5 Å². The highest BCUT2D eigenvalue weighted by atomic mass is 28.4. The second kappa shape index (κ2) is 10.4. The first-order chi connectivity index (χ1) is 12.9. The van der Waals surface area contributed by atoms with Crippen molar-refractivity contribution in [3.63, 3.8) is 0 Å². The Hall–Kier alpha value is -0.693. The van der Waals surface area contributed by atoms with Gasteiger partial charge in [-0.1, -0.05) is 54.5 Å². The fourth-order valence-electron chi connectivity index (χ4n) is 4.62. The normalized spacial score (nSPS) is 22.4. The van der Waals surface area contributed by atoms with Crippen molar-refractivity contribution in [3.05, 3.63) is 12.2 Å². The molecule has 28 heavy (non-hydrogen) atoms. The molecule has 1 rings (SSSR count). The summed E-state index contributed by atoms with van der Waals surface area (Å²) in [5, 5.41) is 0. The summed E-state index contributed by atoms with van der Waals surface area (Å²) >= 11 is 0. The van der Waals surface area contributed by atoms with Crippen LogP contribution in [0.25, 0.3) is 0 Å². The quantitative estimate of drug-likeness (QED) is 0.270. The van der Waals surface area contributed by atoms with E-state index >= 15 is 0 Å². The largest absolute Gasteiger partial charge is 0.466 e. The monoisotopic (exact) mass is 414 g/mol. The topological polar surface area (TPSA) is 54.0 Å². The predicted molar refractivity (Wildman–Crippen MR) is 116 cm³/mol. The number of carbonyl (C=O) groups excluding carboxylic acids is 1. The lowest BCUT2D eigenvalue weighted by Crippen LogP contribution is -2.52. The number of esters is 1. The first kappa shape index (κ1) is 25.3. The van der Waals surface area contributed by atoms with E-state index in [0.29, 0.717) is 29.7 Å². The van der Waals surface area contributed by atoms with E-state index in [4.69, 9.17) is 18.6 Å². The van der Waals surface area contributed by atoms with Gasteiger partial charge in [-0.2, -0.15) is 0 Å². The van der Waals surface area contributed by atoms with Gasteiger partial charge in [0.25, 0.3) is 0 Å². The summed E-state index contributed by atoms with van der Waals surface area (Å²) in [4.78, 5) is 11.5.